The van der Waals surface area contributed by atoms with Gasteiger partial charge in [-0.3, -0.25) is 9.69 Å². The van der Waals surface area contributed by atoms with Crippen LogP contribution in [0.1, 0.15) is 88.0 Å². The third-order valence-corrected chi connectivity index (χ3v) is 4.72. The van der Waals surface area contributed by atoms with E-state index in [0.29, 0.717) is 26.1 Å². The molecule has 0 heterocycles. The molecule has 0 saturated carbocycles. The molecule has 3 N–H and O–H groups in total. The lowest BCUT2D eigenvalue weighted by Crippen LogP contribution is -2.42. The number of hydrogen-bond acceptors (Lipinski definition) is 8. The number of aliphatic carboxylic acids is 1. The zero-order valence-corrected chi connectivity index (χ0v) is 25.5. The van der Waals surface area contributed by atoms with Gasteiger partial charge >= 0.3 is 24.2 Å². The van der Waals surface area contributed by atoms with Crippen molar-refractivity contribution in [1.29, 1.82) is 0 Å². The van der Waals surface area contributed by atoms with E-state index in [0.717, 1.165) is 37.3 Å². The van der Waals surface area contributed by atoms with Gasteiger partial charge in [-0.25, -0.2) is 14.4 Å². The van der Waals surface area contributed by atoms with E-state index >= 15 is 0 Å². The SMILES string of the molecule is CC(C)(C)OC(=O)NCCCNCCCCN(CCCN(CC(=O)O)C(=O)OC(C)(C)C)C(=O)OC(C)(C)C. The summed E-state index contributed by atoms with van der Waals surface area (Å²) in [5.41, 5.74) is -1.93. The summed E-state index contributed by atoms with van der Waals surface area (Å²) in [6.45, 7) is 18.4. The Balaban J connectivity index is 4.62. The van der Waals surface area contributed by atoms with Crippen molar-refractivity contribution in [3.8, 4) is 0 Å². The number of hydrogen-bond donors (Lipinski definition) is 3. The minimum atomic E-state index is -1.14. The number of alkyl carbamates (subject to hydrolysis) is 1. The highest BCUT2D eigenvalue weighted by molar-refractivity contribution is 5.77. The van der Waals surface area contributed by atoms with Crippen LogP contribution in [0.4, 0.5) is 14.4 Å². The molecule has 12 heteroatoms. The fraction of sp³-hybridized carbons (Fsp3) is 0.852. The zero-order chi connectivity index (χ0) is 30.3. The molecule has 12 nitrogen and oxygen atoms in total. The monoisotopic (exact) mass is 560 g/mol. The normalized spacial score (nSPS) is 11.9. The van der Waals surface area contributed by atoms with Crippen molar-refractivity contribution in [2.24, 2.45) is 0 Å². The molecule has 0 atom stereocenters. The van der Waals surface area contributed by atoms with E-state index in [-0.39, 0.29) is 6.54 Å². The Hall–Kier alpha value is -2.76. The third-order valence-electron chi connectivity index (χ3n) is 4.72. The predicted molar refractivity (Wildman–Crippen MR) is 149 cm³/mol. The number of unbranched alkanes of at least 4 members (excludes halogenated alkanes) is 1. The first-order chi connectivity index (χ1) is 17.8. The van der Waals surface area contributed by atoms with Gasteiger partial charge in [0.15, 0.2) is 0 Å². The molecule has 0 saturated heterocycles. The number of carboxylic acid groups (broad SMARTS) is 1. The van der Waals surface area contributed by atoms with Crippen molar-refractivity contribution in [2.45, 2.75) is 105 Å². The summed E-state index contributed by atoms with van der Waals surface area (Å²) in [7, 11) is 0. The van der Waals surface area contributed by atoms with Crippen LogP contribution in [-0.2, 0) is 19.0 Å². The van der Waals surface area contributed by atoms with Crippen LogP contribution in [-0.4, -0.2) is 102 Å². The number of nitrogens with one attached hydrogen (secondary N) is 2. The smallest absolute Gasteiger partial charge is 0.410 e. The largest absolute Gasteiger partial charge is 0.480 e. The summed E-state index contributed by atoms with van der Waals surface area (Å²) >= 11 is 0. The maximum atomic E-state index is 12.8. The lowest BCUT2D eigenvalue weighted by Gasteiger charge is -2.29. The minimum Gasteiger partial charge on any atom is -0.480 e. The van der Waals surface area contributed by atoms with Crippen molar-refractivity contribution in [3.05, 3.63) is 0 Å². The lowest BCUT2D eigenvalue weighted by molar-refractivity contribution is -0.138. The van der Waals surface area contributed by atoms with E-state index in [1.807, 2.05) is 20.8 Å². The molecular weight excluding hydrogens is 508 g/mol. The van der Waals surface area contributed by atoms with Crippen molar-refractivity contribution in [3.63, 3.8) is 0 Å². The van der Waals surface area contributed by atoms with Gasteiger partial charge in [-0.05, 0) is 101 Å². The summed E-state index contributed by atoms with van der Waals surface area (Å²) < 4.78 is 16.0. The molecule has 0 rings (SSSR count). The molecule has 0 radical (unpaired) electrons. The Morgan fingerprint density at radius 1 is 0.615 bits per heavy atom. The topological polar surface area (TPSA) is 147 Å². The van der Waals surface area contributed by atoms with Crippen LogP contribution < -0.4 is 10.6 Å². The average Bonchev–Trinajstić information content (AvgIpc) is 2.71. The molecular formula is C27H52N4O8. The second kappa shape index (κ2) is 17.0. The predicted octanol–water partition coefficient (Wildman–Crippen LogP) is 4.22. The number of carboxylic acids is 1. The molecule has 3 amide bonds. The summed E-state index contributed by atoms with van der Waals surface area (Å²) in [6, 6.07) is 0. The third kappa shape index (κ3) is 21.8. The van der Waals surface area contributed by atoms with E-state index in [2.05, 4.69) is 10.6 Å². The fourth-order valence-corrected chi connectivity index (χ4v) is 3.19. The first kappa shape index (κ1) is 36.2. The van der Waals surface area contributed by atoms with Gasteiger partial charge in [-0.1, -0.05) is 0 Å². The van der Waals surface area contributed by atoms with Crippen LogP contribution in [0, 0.1) is 0 Å². The van der Waals surface area contributed by atoms with Crippen LogP contribution in [0.3, 0.4) is 0 Å². The van der Waals surface area contributed by atoms with Crippen LogP contribution in [0.5, 0.6) is 0 Å². The molecule has 0 bridgehead atoms. The number of carbonyl (C=O) groups is 4. The highest BCUT2D eigenvalue weighted by atomic mass is 16.6. The van der Waals surface area contributed by atoms with E-state index < -0.39 is 47.6 Å². The van der Waals surface area contributed by atoms with Gasteiger partial charge in [-0.2, -0.15) is 0 Å². The van der Waals surface area contributed by atoms with Gasteiger partial charge in [0, 0.05) is 26.2 Å². The molecule has 228 valence electrons. The van der Waals surface area contributed by atoms with E-state index in [9.17, 15) is 24.3 Å². The Morgan fingerprint density at radius 3 is 1.59 bits per heavy atom. The number of nitrogens with zero attached hydrogens (tertiary/aromatic N) is 2. The number of rotatable bonds is 15. The summed E-state index contributed by atoms with van der Waals surface area (Å²) in [4.78, 5) is 50.8. The Morgan fingerprint density at radius 2 is 1.08 bits per heavy atom. The molecule has 0 aliphatic rings. The number of ether oxygens (including phenoxy) is 3. The maximum absolute atomic E-state index is 12.8. The minimum absolute atomic E-state index is 0.124. The second-order valence-corrected chi connectivity index (χ2v) is 12.4. The number of carbonyl (C=O) groups excluding carboxylic acids is 3. The van der Waals surface area contributed by atoms with Gasteiger partial charge in [0.25, 0.3) is 0 Å². The van der Waals surface area contributed by atoms with E-state index in [4.69, 9.17) is 14.2 Å². The van der Waals surface area contributed by atoms with E-state index in [1.165, 1.54) is 0 Å². The lowest BCUT2D eigenvalue weighted by atomic mass is 10.2. The fourth-order valence-electron chi connectivity index (χ4n) is 3.19. The Kier molecular flexibility index (Phi) is 15.8. The first-order valence-electron chi connectivity index (χ1n) is 13.6. The maximum Gasteiger partial charge on any atom is 0.410 e. The molecule has 0 fully saturated rings. The van der Waals surface area contributed by atoms with Crippen LogP contribution in [0.2, 0.25) is 0 Å². The van der Waals surface area contributed by atoms with Gasteiger partial charge in [0.1, 0.15) is 23.3 Å². The highest BCUT2D eigenvalue weighted by Gasteiger charge is 2.25. The number of amides is 3. The molecule has 0 aromatic carbocycles. The standard InChI is InChI=1S/C27H52N4O8/c1-25(2,3)37-22(34)29-16-12-15-28-14-10-11-17-30(23(35)38-26(4,5)6)18-13-19-31(20-21(32)33)24(36)39-27(7,8)9/h28H,10-20H2,1-9H3,(H,29,34)(H,32,33). The molecule has 0 spiro atoms. The van der Waals surface area contributed by atoms with Gasteiger partial charge in [0.05, 0.1) is 0 Å². The van der Waals surface area contributed by atoms with E-state index in [1.54, 1.807) is 46.4 Å². The van der Waals surface area contributed by atoms with Gasteiger partial charge in [0.2, 0.25) is 0 Å². The molecule has 0 unspecified atom stereocenters. The highest BCUT2D eigenvalue weighted by Crippen LogP contribution is 2.13. The van der Waals surface area contributed by atoms with Gasteiger partial charge in [-0.15, -0.1) is 0 Å². The molecule has 0 aromatic rings. The van der Waals surface area contributed by atoms with Crippen molar-refractivity contribution in [1.82, 2.24) is 20.4 Å². The van der Waals surface area contributed by atoms with Crippen LogP contribution in [0.25, 0.3) is 0 Å². The van der Waals surface area contributed by atoms with Crippen LogP contribution in [0.15, 0.2) is 0 Å². The summed E-state index contributed by atoms with van der Waals surface area (Å²) in [5, 5.41) is 15.2. The van der Waals surface area contributed by atoms with Crippen molar-refractivity contribution in [2.75, 3.05) is 45.8 Å². The molecule has 0 aromatic heterocycles. The first-order valence-corrected chi connectivity index (χ1v) is 13.6. The molecule has 0 aliphatic heterocycles. The van der Waals surface area contributed by atoms with Gasteiger partial charge < -0.3 is 34.9 Å². The Bertz CT molecular complexity index is 769. The molecule has 0 aliphatic carbocycles. The quantitative estimate of drug-likeness (QED) is 0.198. The second-order valence-electron chi connectivity index (χ2n) is 12.4. The van der Waals surface area contributed by atoms with Crippen LogP contribution >= 0.6 is 0 Å². The summed E-state index contributed by atoms with van der Waals surface area (Å²) in [5.74, 6) is -1.14. The van der Waals surface area contributed by atoms with Crippen molar-refractivity contribution >= 4 is 24.2 Å². The van der Waals surface area contributed by atoms with Crippen molar-refractivity contribution < 1.29 is 38.5 Å². The Labute approximate surface area is 234 Å². The average molecular weight is 561 g/mol. The summed E-state index contributed by atoms with van der Waals surface area (Å²) in [6.07, 6.45) is 1.09. The molecule has 39 heavy (non-hydrogen) atoms. The zero-order valence-electron chi connectivity index (χ0n) is 25.5.